The van der Waals surface area contributed by atoms with Crippen molar-refractivity contribution in [3.8, 4) is 0 Å². The molecular weight excluding hydrogens is 264 g/mol. The molecule has 0 aliphatic carbocycles. The van der Waals surface area contributed by atoms with Crippen LogP contribution in [0.3, 0.4) is 0 Å². The van der Waals surface area contributed by atoms with E-state index in [1.165, 1.54) is 13.8 Å². The highest BCUT2D eigenvalue weighted by Crippen LogP contribution is 2.18. The fourth-order valence-corrected chi connectivity index (χ4v) is 2.68. The number of rotatable bonds is 7. The average molecular weight is 278 g/mol. The van der Waals surface area contributed by atoms with Gasteiger partial charge in [-0.15, -0.1) is 0 Å². The molecule has 1 heterocycles. The van der Waals surface area contributed by atoms with E-state index >= 15 is 0 Å². The van der Waals surface area contributed by atoms with E-state index in [1.807, 2.05) is 0 Å². The van der Waals surface area contributed by atoms with Crippen molar-refractivity contribution < 1.29 is 27.6 Å². The van der Waals surface area contributed by atoms with Gasteiger partial charge in [-0.1, -0.05) is 5.16 Å². The maximum atomic E-state index is 11.8. The molecule has 8 nitrogen and oxygen atoms in total. The fourth-order valence-electron chi connectivity index (χ4n) is 1.34. The summed E-state index contributed by atoms with van der Waals surface area (Å²) in [6.45, 7) is 2.49. The Labute approximate surface area is 104 Å². The molecule has 1 aromatic rings. The van der Waals surface area contributed by atoms with Crippen molar-refractivity contribution in [1.29, 1.82) is 0 Å². The van der Waals surface area contributed by atoms with Crippen LogP contribution in [0.15, 0.2) is 9.42 Å². The highest BCUT2D eigenvalue weighted by Gasteiger charge is 2.23. The van der Waals surface area contributed by atoms with Crippen LogP contribution in [-0.2, 0) is 19.6 Å². The number of nitrogens with one attached hydrogen (secondary N) is 1. The first kappa shape index (κ1) is 14.6. The second-order valence-corrected chi connectivity index (χ2v) is 5.20. The molecule has 0 unspecified atom stereocenters. The predicted molar refractivity (Wildman–Crippen MR) is 59.6 cm³/mol. The zero-order chi connectivity index (χ0) is 13.8. The smallest absolute Gasteiger partial charge is 0.329 e. The Morgan fingerprint density at radius 1 is 1.50 bits per heavy atom. The van der Waals surface area contributed by atoms with Crippen LogP contribution in [0.4, 0.5) is 0 Å². The SMILES string of the molecule is Cc1noc(C)c1S(=O)(=O)NCCOCC(=O)O. The van der Waals surface area contributed by atoms with E-state index in [9.17, 15) is 13.2 Å². The van der Waals surface area contributed by atoms with Crippen LogP contribution in [0.1, 0.15) is 11.5 Å². The van der Waals surface area contributed by atoms with Crippen molar-refractivity contribution >= 4 is 16.0 Å². The molecule has 102 valence electrons. The minimum Gasteiger partial charge on any atom is -0.480 e. The lowest BCUT2D eigenvalue weighted by molar-refractivity contribution is -0.142. The first-order valence-corrected chi connectivity index (χ1v) is 6.55. The second-order valence-electron chi connectivity index (χ2n) is 3.50. The number of aryl methyl sites for hydroxylation is 2. The van der Waals surface area contributed by atoms with Crippen molar-refractivity contribution in [2.24, 2.45) is 0 Å². The number of ether oxygens (including phenoxy) is 1. The van der Waals surface area contributed by atoms with Gasteiger partial charge in [0.05, 0.1) is 6.61 Å². The lowest BCUT2D eigenvalue weighted by Gasteiger charge is -2.05. The van der Waals surface area contributed by atoms with Gasteiger partial charge in [-0.2, -0.15) is 0 Å². The van der Waals surface area contributed by atoms with Crippen molar-refractivity contribution in [2.45, 2.75) is 18.7 Å². The van der Waals surface area contributed by atoms with E-state index in [0.717, 1.165) is 0 Å². The molecule has 0 saturated heterocycles. The first-order chi connectivity index (χ1) is 8.34. The molecule has 1 rings (SSSR count). The summed E-state index contributed by atoms with van der Waals surface area (Å²) in [5, 5.41) is 11.9. The maximum Gasteiger partial charge on any atom is 0.329 e. The number of hydrogen-bond acceptors (Lipinski definition) is 6. The summed E-state index contributed by atoms with van der Waals surface area (Å²) in [4.78, 5) is 10.2. The second kappa shape index (κ2) is 5.94. The third kappa shape index (κ3) is 3.79. The summed E-state index contributed by atoms with van der Waals surface area (Å²) in [6.07, 6.45) is 0. The minimum absolute atomic E-state index is 0.000680. The summed E-state index contributed by atoms with van der Waals surface area (Å²) in [6, 6.07) is 0. The zero-order valence-corrected chi connectivity index (χ0v) is 10.8. The largest absolute Gasteiger partial charge is 0.480 e. The predicted octanol–water partition coefficient (Wildman–Crippen LogP) is -0.329. The Balaban J connectivity index is 2.54. The van der Waals surface area contributed by atoms with Gasteiger partial charge in [0.2, 0.25) is 10.0 Å². The van der Waals surface area contributed by atoms with Gasteiger partial charge in [-0.25, -0.2) is 17.9 Å². The van der Waals surface area contributed by atoms with Crippen LogP contribution in [0.25, 0.3) is 0 Å². The van der Waals surface area contributed by atoms with Gasteiger partial charge in [0, 0.05) is 6.54 Å². The number of aromatic nitrogens is 1. The molecule has 0 aromatic carbocycles. The molecule has 0 radical (unpaired) electrons. The number of nitrogens with zero attached hydrogens (tertiary/aromatic N) is 1. The van der Waals surface area contributed by atoms with E-state index in [-0.39, 0.29) is 29.5 Å². The molecule has 0 amide bonds. The molecule has 0 spiro atoms. The third-order valence-corrected chi connectivity index (χ3v) is 3.71. The van der Waals surface area contributed by atoms with Crippen LogP contribution in [0.2, 0.25) is 0 Å². The summed E-state index contributed by atoms with van der Waals surface area (Å²) >= 11 is 0. The number of sulfonamides is 1. The van der Waals surface area contributed by atoms with E-state index in [4.69, 9.17) is 14.4 Å². The summed E-state index contributed by atoms with van der Waals surface area (Å²) in [5.74, 6) is -0.907. The monoisotopic (exact) mass is 278 g/mol. The van der Waals surface area contributed by atoms with Gasteiger partial charge >= 0.3 is 5.97 Å². The van der Waals surface area contributed by atoms with Gasteiger partial charge in [0.15, 0.2) is 5.76 Å². The molecule has 0 atom stereocenters. The zero-order valence-electron chi connectivity index (χ0n) is 9.97. The van der Waals surface area contributed by atoms with E-state index in [2.05, 4.69) is 9.88 Å². The van der Waals surface area contributed by atoms with Crippen LogP contribution >= 0.6 is 0 Å². The molecule has 9 heteroatoms. The van der Waals surface area contributed by atoms with Crippen molar-refractivity contribution in [1.82, 2.24) is 9.88 Å². The quantitative estimate of drug-likeness (QED) is 0.655. The van der Waals surface area contributed by atoms with Gasteiger partial charge in [-0.05, 0) is 13.8 Å². The molecule has 1 aromatic heterocycles. The Kier molecular flexibility index (Phi) is 4.82. The van der Waals surface area contributed by atoms with Crippen molar-refractivity contribution in [3.05, 3.63) is 11.5 Å². The topological polar surface area (TPSA) is 119 Å². The lowest BCUT2D eigenvalue weighted by Crippen LogP contribution is -2.28. The van der Waals surface area contributed by atoms with Crippen LogP contribution in [0.5, 0.6) is 0 Å². The number of hydrogen-bond donors (Lipinski definition) is 2. The van der Waals surface area contributed by atoms with Crippen LogP contribution in [-0.4, -0.2) is 44.4 Å². The highest BCUT2D eigenvalue weighted by atomic mass is 32.2. The summed E-state index contributed by atoms with van der Waals surface area (Å²) < 4.78 is 35.4. The van der Waals surface area contributed by atoms with Gasteiger partial charge in [0.25, 0.3) is 0 Å². The summed E-state index contributed by atoms with van der Waals surface area (Å²) in [7, 11) is -3.71. The Morgan fingerprint density at radius 2 is 2.17 bits per heavy atom. The molecule has 0 fully saturated rings. The standard InChI is InChI=1S/C9H14N2O6S/c1-6-9(7(2)17-11-6)18(14,15)10-3-4-16-5-8(12)13/h10H,3-5H2,1-2H3,(H,12,13). The van der Waals surface area contributed by atoms with Crippen molar-refractivity contribution in [3.63, 3.8) is 0 Å². The van der Waals surface area contributed by atoms with Gasteiger partial charge in [0.1, 0.15) is 17.2 Å². The lowest BCUT2D eigenvalue weighted by atomic mass is 10.4. The molecule has 2 N–H and O–H groups in total. The van der Waals surface area contributed by atoms with Gasteiger partial charge in [-0.3, -0.25) is 0 Å². The Hall–Kier alpha value is -1.45. The van der Waals surface area contributed by atoms with E-state index in [1.54, 1.807) is 0 Å². The van der Waals surface area contributed by atoms with Crippen LogP contribution in [0, 0.1) is 13.8 Å². The number of carboxylic acid groups (broad SMARTS) is 1. The normalized spacial score (nSPS) is 11.7. The fraction of sp³-hybridized carbons (Fsp3) is 0.556. The highest BCUT2D eigenvalue weighted by molar-refractivity contribution is 7.89. The first-order valence-electron chi connectivity index (χ1n) is 5.06. The molecule has 0 saturated carbocycles. The molecule has 0 aliphatic heterocycles. The Bertz CT molecular complexity index is 502. The molecule has 18 heavy (non-hydrogen) atoms. The number of carbonyl (C=O) groups is 1. The average Bonchev–Trinajstić information content (AvgIpc) is 2.57. The van der Waals surface area contributed by atoms with E-state index in [0.29, 0.717) is 0 Å². The molecule has 0 bridgehead atoms. The van der Waals surface area contributed by atoms with E-state index < -0.39 is 22.6 Å². The van der Waals surface area contributed by atoms with Crippen molar-refractivity contribution in [2.75, 3.05) is 19.8 Å². The summed E-state index contributed by atoms with van der Waals surface area (Å²) in [5.41, 5.74) is 0.270. The van der Waals surface area contributed by atoms with Gasteiger partial charge < -0.3 is 14.4 Å². The number of aliphatic carboxylic acids is 1. The maximum absolute atomic E-state index is 11.8. The minimum atomic E-state index is -3.71. The third-order valence-electron chi connectivity index (χ3n) is 2.00. The molecule has 0 aliphatic rings. The number of carboxylic acids is 1. The molecular formula is C9H14N2O6S. The Morgan fingerprint density at radius 3 is 2.67 bits per heavy atom. The van der Waals surface area contributed by atoms with Crippen LogP contribution < -0.4 is 4.72 Å².